The van der Waals surface area contributed by atoms with Crippen LogP contribution < -0.4 is 5.32 Å². The topological polar surface area (TPSA) is 59.4 Å². The van der Waals surface area contributed by atoms with Gasteiger partial charge in [-0.2, -0.15) is 5.10 Å². The number of carbonyl (C=O) groups is 1. The van der Waals surface area contributed by atoms with Gasteiger partial charge in [-0.05, 0) is 42.7 Å². The lowest BCUT2D eigenvalue weighted by Gasteiger charge is -2.26. The first kappa shape index (κ1) is 16.5. The molecule has 1 aromatic heterocycles. The number of aryl methyl sites for hydroxylation is 1. The van der Waals surface area contributed by atoms with E-state index in [0.717, 1.165) is 55.1 Å². The van der Waals surface area contributed by atoms with E-state index in [1.165, 1.54) is 0 Å². The second-order valence-corrected chi connectivity index (χ2v) is 6.09. The van der Waals surface area contributed by atoms with E-state index in [0.29, 0.717) is 6.54 Å². The first-order valence-electron chi connectivity index (χ1n) is 7.34. The molecule has 118 valence electrons. The molecule has 2 heterocycles. The normalized spacial score (nSPS) is 16.1. The molecule has 1 fully saturated rings. The number of ether oxygens (including phenoxy) is 1. The van der Waals surface area contributed by atoms with E-state index in [-0.39, 0.29) is 12.5 Å². The quantitative estimate of drug-likeness (QED) is 0.773. The summed E-state index contributed by atoms with van der Waals surface area (Å²) in [5.41, 5.74) is 1.89. The summed E-state index contributed by atoms with van der Waals surface area (Å²) in [6.07, 6.45) is 0.965. The van der Waals surface area contributed by atoms with Crippen LogP contribution in [0.1, 0.15) is 17.8 Å². The van der Waals surface area contributed by atoms with Gasteiger partial charge in [0.2, 0.25) is 5.91 Å². The summed E-state index contributed by atoms with van der Waals surface area (Å²) in [6.45, 7) is 9.49. The molecule has 6 nitrogen and oxygen atoms in total. The second kappa shape index (κ2) is 7.91. The van der Waals surface area contributed by atoms with Crippen molar-refractivity contribution in [1.82, 2.24) is 20.0 Å². The monoisotopic (exact) mass is 358 g/mol. The van der Waals surface area contributed by atoms with Crippen LogP contribution >= 0.6 is 15.9 Å². The van der Waals surface area contributed by atoms with Crippen LogP contribution in [0.5, 0.6) is 0 Å². The summed E-state index contributed by atoms with van der Waals surface area (Å²) in [5.74, 6) is 0.00933. The van der Waals surface area contributed by atoms with Crippen molar-refractivity contribution in [3.05, 3.63) is 15.9 Å². The number of morpholine rings is 1. The van der Waals surface area contributed by atoms with Gasteiger partial charge in [-0.15, -0.1) is 0 Å². The Labute approximate surface area is 133 Å². The van der Waals surface area contributed by atoms with Crippen molar-refractivity contribution in [3.8, 4) is 0 Å². The molecule has 21 heavy (non-hydrogen) atoms. The lowest BCUT2D eigenvalue weighted by Crippen LogP contribution is -2.38. The smallest absolute Gasteiger partial charge is 0.241 e. The van der Waals surface area contributed by atoms with Crippen LogP contribution in [0, 0.1) is 13.8 Å². The highest BCUT2D eigenvalue weighted by Gasteiger charge is 2.12. The molecule has 0 spiro atoms. The third-order valence-electron chi connectivity index (χ3n) is 3.66. The maximum Gasteiger partial charge on any atom is 0.241 e. The van der Waals surface area contributed by atoms with Gasteiger partial charge >= 0.3 is 0 Å². The third kappa shape index (κ3) is 4.79. The van der Waals surface area contributed by atoms with Crippen molar-refractivity contribution < 1.29 is 9.53 Å². The van der Waals surface area contributed by atoms with Crippen LogP contribution in [-0.2, 0) is 16.1 Å². The number of nitrogens with one attached hydrogen (secondary N) is 1. The van der Waals surface area contributed by atoms with Gasteiger partial charge in [-0.25, -0.2) is 0 Å². The van der Waals surface area contributed by atoms with Gasteiger partial charge in [0.05, 0.1) is 29.1 Å². The zero-order valence-electron chi connectivity index (χ0n) is 12.7. The van der Waals surface area contributed by atoms with E-state index in [4.69, 9.17) is 4.74 Å². The maximum atomic E-state index is 11.9. The summed E-state index contributed by atoms with van der Waals surface area (Å²) in [6, 6.07) is 0. The summed E-state index contributed by atoms with van der Waals surface area (Å²) < 4.78 is 8.02. The Morgan fingerprint density at radius 1 is 1.38 bits per heavy atom. The summed E-state index contributed by atoms with van der Waals surface area (Å²) in [7, 11) is 0. The average molecular weight is 359 g/mol. The maximum absolute atomic E-state index is 11.9. The van der Waals surface area contributed by atoms with Crippen LogP contribution in [0.2, 0.25) is 0 Å². The van der Waals surface area contributed by atoms with Crippen molar-refractivity contribution in [2.45, 2.75) is 26.8 Å². The zero-order chi connectivity index (χ0) is 15.2. The Balaban J connectivity index is 1.66. The van der Waals surface area contributed by atoms with Crippen LogP contribution in [0.15, 0.2) is 4.47 Å². The molecule has 7 heteroatoms. The highest BCUT2D eigenvalue weighted by atomic mass is 79.9. The molecule has 0 atom stereocenters. The van der Waals surface area contributed by atoms with E-state index in [1.807, 2.05) is 13.8 Å². The van der Waals surface area contributed by atoms with Crippen molar-refractivity contribution in [1.29, 1.82) is 0 Å². The lowest BCUT2D eigenvalue weighted by atomic mass is 10.3. The number of rotatable bonds is 6. The van der Waals surface area contributed by atoms with E-state index in [1.54, 1.807) is 4.68 Å². The molecule has 1 amide bonds. The predicted molar refractivity (Wildman–Crippen MR) is 84.3 cm³/mol. The number of amides is 1. The largest absolute Gasteiger partial charge is 0.379 e. The van der Waals surface area contributed by atoms with Gasteiger partial charge in [0, 0.05) is 19.6 Å². The average Bonchev–Trinajstić information content (AvgIpc) is 2.72. The molecule has 0 unspecified atom stereocenters. The molecule has 1 N–H and O–H groups in total. The summed E-state index contributed by atoms with van der Waals surface area (Å²) in [4.78, 5) is 14.3. The Morgan fingerprint density at radius 2 is 2.10 bits per heavy atom. The van der Waals surface area contributed by atoms with Crippen LogP contribution in [-0.4, -0.2) is 60.0 Å². The first-order chi connectivity index (χ1) is 10.1. The molecule has 1 saturated heterocycles. The van der Waals surface area contributed by atoms with Gasteiger partial charge < -0.3 is 10.1 Å². The first-order valence-corrected chi connectivity index (χ1v) is 8.13. The Morgan fingerprint density at radius 3 is 2.71 bits per heavy atom. The fraction of sp³-hybridized carbons (Fsp3) is 0.714. The molecule has 1 aliphatic rings. The zero-order valence-corrected chi connectivity index (χ0v) is 14.3. The van der Waals surface area contributed by atoms with Gasteiger partial charge in [-0.1, -0.05) is 0 Å². The second-order valence-electron chi connectivity index (χ2n) is 5.30. The predicted octanol–water partition coefficient (Wildman–Crippen LogP) is 1.10. The number of nitrogens with zero attached hydrogens (tertiary/aromatic N) is 3. The van der Waals surface area contributed by atoms with Gasteiger partial charge in [0.15, 0.2) is 0 Å². The Bertz CT molecular complexity index is 484. The third-order valence-corrected chi connectivity index (χ3v) is 4.81. The van der Waals surface area contributed by atoms with Crippen molar-refractivity contribution in [2.75, 3.05) is 39.4 Å². The molecule has 0 bridgehead atoms. The van der Waals surface area contributed by atoms with E-state index < -0.39 is 0 Å². The van der Waals surface area contributed by atoms with E-state index in [9.17, 15) is 4.79 Å². The van der Waals surface area contributed by atoms with Crippen molar-refractivity contribution >= 4 is 21.8 Å². The Kier molecular flexibility index (Phi) is 6.20. The number of carbonyl (C=O) groups excluding carboxylic acids is 1. The van der Waals surface area contributed by atoms with Gasteiger partial charge in [-0.3, -0.25) is 14.4 Å². The molecule has 0 aromatic carbocycles. The number of halogens is 1. The van der Waals surface area contributed by atoms with E-state index >= 15 is 0 Å². The molecular formula is C14H23BrN4O2. The van der Waals surface area contributed by atoms with Crippen molar-refractivity contribution in [2.24, 2.45) is 0 Å². The number of aromatic nitrogens is 2. The molecule has 2 rings (SSSR count). The molecule has 0 radical (unpaired) electrons. The Hall–Kier alpha value is -0.920. The highest BCUT2D eigenvalue weighted by Crippen LogP contribution is 2.19. The van der Waals surface area contributed by atoms with E-state index in [2.05, 4.69) is 31.2 Å². The molecule has 1 aliphatic heterocycles. The standard InChI is InChI=1S/C14H23BrN4O2/c1-11-14(15)12(2)19(17-11)10-13(20)16-4-3-5-18-6-8-21-9-7-18/h3-10H2,1-2H3,(H,16,20). The fourth-order valence-electron chi connectivity index (χ4n) is 2.38. The summed E-state index contributed by atoms with van der Waals surface area (Å²) in [5, 5.41) is 7.29. The minimum Gasteiger partial charge on any atom is -0.379 e. The minimum atomic E-state index is 0.00933. The molecule has 0 saturated carbocycles. The SMILES string of the molecule is Cc1nn(CC(=O)NCCCN2CCOCC2)c(C)c1Br. The molecular weight excluding hydrogens is 336 g/mol. The fourth-order valence-corrected chi connectivity index (χ4v) is 2.66. The minimum absolute atomic E-state index is 0.00933. The van der Waals surface area contributed by atoms with Crippen LogP contribution in [0.25, 0.3) is 0 Å². The summed E-state index contributed by atoms with van der Waals surface area (Å²) >= 11 is 3.47. The highest BCUT2D eigenvalue weighted by molar-refractivity contribution is 9.10. The van der Waals surface area contributed by atoms with Crippen LogP contribution in [0.4, 0.5) is 0 Å². The molecule has 0 aliphatic carbocycles. The van der Waals surface area contributed by atoms with Crippen molar-refractivity contribution in [3.63, 3.8) is 0 Å². The lowest BCUT2D eigenvalue weighted by molar-refractivity contribution is -0.121. The van der Waals surface area contributed by atoms with Gasteiger partial charge in [0.25, 0.3) is 0 Å². The van der Waals surface area contributed by atoms with Crippen LogP contribution in [0.3, 0.4) is 0 Å². The number of hydrogen-bond acceptors (Lipinski definition) is 4. The van der Waals surface area contributed by atoms with Gasteiger partial charge in [0.1, 0.15) is 6.54 Å². The number of hydrogen-bond donors (Lipinski definition) is 1. The molecule has 1 aromatic rings.